The first-order valence-corrected chi connectivity index (χ1v) is 26.0. The molecule has 0 amide bonds. The maximum atomic E-state index is 9.18. The van der Waals surface area contributed by atoms with Gasteiger partial charge in [-0.1, -0.05) is 211 Å². The molecule has 9 aromatic carbocycles. The fraction of sp³-hybridized carbons (Fsp3) is 0.127. The first-order chi connectivity index (χ1) is 39.0. The van der Waals surface area contributed by atoms with Gasteiger partial charge in [0, 0.05) is 28.4 Å². The minimum absolute atomic E-state index is 0.166. The molecule has 4 aromatic heterocycles. The monoisotopic (exact) mass is 987 g/mol. The van der Waals surface area contributed by atoms with E-state index in [1.807, 2.05) is 36.5 Å². The number of fused-ring (bicyclic) bond motifs is 5. The molecule has 0 aliphatic rings. The Morgan fingerprint density at radius 2 is 1.18 bits per heavy atom. The summed E-state index contributed by atoms with van der Waals surface area (Å²) in [5, 5.41) is 3.27. The molecule has 0 saturated carbocycles. The molecule has 76 heavy (non-hydrogen) atoms. The van der Waals surface area contributed by atoms with Gasteiger partial charge in [0.2, 0.25) is 0 Å². The van der Waals surface area contributed by atoms with Gasteiger partial charge in [-0.15, -0.1) is 0 Å². The Hall–Kier alpha value is -9.06. The summed E-state index contributed by atoms with van der Waals surface area (Å²) in [6.07, 6.45) is 8.18. The van der Waals surface area contributed by atoms with Crippen LogP contribution in [-0.4, -0.2) is 14.1 Å². The van der Waals surface area contributed by atoms with Crippen molar-refractivity contribution < 1.29 is 15.8 Å². The fourth-order valence-corrected chi connectivity index (χ4v) is 10.8. The van der Waals surface area contributed by atoms with Crippen LogP contribution in [0.2, 0.25) is 0 Å². The van der Waals surface area contributed by atoms with Crippen LogP contribution < -0.4 is 4.57 Å². The van der Waals surface area contributed by atoms with Crippen LogP contribution in [0.5, 0.6) is 0 Å². The van der Waals surface area contributed by atoms with E-state index in [-0.39, 0.29) is 40.6 Å². The van der Waals surface area contributed by atoms with Crippen molar-refractivity contribution in [3.63, 3.8) is 0 Å². The largest absolute Gasteiger partial charge is 0.464 e. The number of benzene rings is 9. The van der Waals surface area contributed by atoms with E-state index in [0.717, 1.165) is 117 Å². The molecular weight excluding hydrogens is 925 g/mol. The number of para-hydroxylation sites is 3. The Morgan fingerprint density at radius 1 is 0.526 bits per heavy atom. The van der Waals surface area contributed by atoms with Crippen LogP contribution in [0.4, 0.5) is 0 Å². The van der Waals surface area contributed by atoms with Gasteiger partial charge in [-0.25, -0.2) is 4.98 Å². The van der Waals surface area contributed by atoms with Gasteiger partial charge >= 0.3 is 0 Å². The molecule has 0 fully saturated rings. The first-order valence-electron chi connectivity index (χ1n) is 28.5. The molecule has 5 nitrogen and oxygen atoms in total. The van der Waals surface area contributed by atoms with Gasteiger partial charge in [-0.2, -0.15) is 0 Å². The molecule has 0 N–H and O–H groups in total. The molecule has 0 aliphatic heterocycles. The predicted octanol–water partition coefficient (Wildman–Crippen LogP) is 17.8. The quantitative estimate of drug-likeness (QED) is 0.107. The van der Waals surface area contributed by atoms with Crippen molar-refractivity contribution in [2.75, 3.05) is 0 Å². The topological polar surface area (TPSA) is 39.8 Å². The summed E-state index contributed by atoms with van der Waals surface area (Å²) in [7, 11) is 0. The van der Waals surface area contributed by atoms with E-state index < -0.39 is 6.04 Å². The van der Waals surface area contributed by atoms with Gasteiger partial charge in [0.05, 0.1) is 46.6 Å². The Bertz CT molecular complexity index is 4620. The molecule has 5 heteroatoms. The summed E-state index contributed by atoms with van der Waals surface area (Å²) in [6, 6.07) is 64.7. The molecule has 13 aromatic rings. The number of hydrogen-bond acceptors (Lipinski definition) is 2. The van der Waals surface area contributed by atoms with E-state index in [4.69, 9.17) is 13.5 Å². The predicted molar refractivity (Wildman–Crippen MR) is 314 cm³/mol. The van der Waals surface area contributed by atoms with E-state index in [2.05, 4.69) is 219 Å². The lowest BCUT2D eigenvalue weighted by molar-refractivity contribution is -0.571. The molecule has 0 aliphatic carbocycles. The minimum atomic E-state index is -0.420. The van der Waals surface area contributed by atoms with E-state index >= 15 is 0 Å². The summed E-state index contributed by atoms with van der Waals surface area (Å²) in [5.41, 5.74) is 17.0. The lowest BCUT2D eigenvalue weighted by Crippen LogP contribution is -2.32. The van der Waals surface area contributed by atoms with Gasteiger partial charge in [0.1, 0.15) is 11.4 Å². The van der Waals surface area contributed by atoms with E-state index in [9.17, 15) is 2.74 Å². The second-order valence-corrected chi connectivity index (χ2v) is 22.0. The number of aromatic nitrogens is 4. The fourth-order valence-electron chi connectivity index (χ4n) is 10.8. The zero-order chi connectivity index (χ0) is 56.1. The number of nitrogens with zero attached hydrogens (tertiary/aromatic N) is 4. The maximum absolute atomic E-state index is 9.18. The Labute approximate surface area is 451 Å². The number of hydrogen-bond donors (Lipinski definition) is 0. The Kier molecular flexibility index (Phi) is 10.0. The molecule has 0 bridgehead atoms. The summed E-state index contributed by atoms with van der Waals surface area (Å²) in [6.45, 7) is 13.1. The zero-order valence-electron chi connectivity index (χ0n) is 48.5. The lowest BCUT2D eigenvalue weighted by atomic mass is 9.80. The van der Waals surface area contributed by atoms with Gasteiger partial charge in [-0.3, -0.25) is 13.7 Å². The summed E-state index contributed by atoms with van der Waals surface area (Å²) in [4.78, 5) is 4.91. The van der Waals surface area contributed by atoms with Crippen LogP contribution in [0, 0.1) is 6.33 Å². The van der Waals surface area contributed by atoms with Gasteiger partial charge in [0.25, 0.3) is 6.33 Å². The normalized spacial score (nSPS) is 13.1. The average molecular weight is 988 g/mol. The molecule has 0 spiro atoms. The number of rotatable bonds is 9. The van der Waals surface area contributed by atoms with Crippen molar-refractivity contribution in [3.05, 3.63) is 259 Å². The molecule has 13 rings (SSSR count). The van der Waals surface area contributed by atoms with Crippen molar-refractivity contribution in [1.82, 2.24) is 14.1 Å². The summed E-state index contributed by atoms with van der Waals surface area (Å²) >= 11 is 0. The molecule has 0 atom stereocenters. The Balaban J connectivity index is 1.02. The molecule has 0 saturated heterocycles. The van der Waals surface area contributed by atoms with Crippen LogP contribution in [0.1, 0.15) is 70.7 Å². The number of furan rings is 1. The smallest absolute Gasteiger partial charge is 0.269 e. The molecule has 0 radical (unpaired) electrons. The minimum Gasteiger partial charge on any atom is -0.464 e. The summed E-state index contributed by atoms with van der Waals surface area (Å²) < 4.78 is 56.7. The molecule has 0 unspecified atom stereocenters. The number of pyridine rings is 1. The Morgan fingerprint density at radius 3 is 2.00 bits per heavy atom. The molecule has 368 valence electrons. The van der Waals surface area contributed by atoms with Gasteiger partial charge in [0.15, 0.2) is 0 Å². The highest BCUT2D eigenvalue weighted by atomic mass is 16.3. The third kappa shape index (κ3) is 8.48. The van der Waals surface area contributed by atoms with Crippen molar-refractivity contribution in [3.8, 4) is 61.7 Å². The van der Waals surface area contributed by atoms with Gasteiger partial charge in [-0.05, 0) is 126 Å². The van der Waals surface area contributed by atoms with Crippen molar-refractivity contribution in [1.29, 1.82) is 0 Å². The van der Waals surface area contributed by atoms with Crippen LogP contribution in [-0.2, 0) is 17.3 Å². The highest BCUT2D eigenvalue weighted by Crippen LogP contribution is 2.43. The van der Waals surface area contributed by atoms with E-state index in [1.54, 1.807) is 6.26 Å². The second-order valence-electron chi connectivity index (χ2n) is 22.0. The van der Waals surface area contributed by atoms with E-state index in [1.165, 1.54) is 0 Å². The van der Waals surface area contributed by atoms with Gasteiger partial charge < -0.3 is 4.42 Å². The standard InChI is InChI=1S/C71H58N4O/c1-70(2,3)56-40-54(50-22-11-8-12-23-50)39-55(41-56)62-43-57(71(4,5)6)42-61(52-25-18-24-51(38-52)49-20-9-7-10-21-49)69(62)74-46-73(64-29-15-16-30-65(64)74)58-26-17-19-47(36-58)35-48-31-32-60-59-27-13-14-28-63(59)75(66(60)37-48)68-44-67-53(45-72-68)33-34-76-67/h7-34,36-45H,35H2,1-6H3/i8D,11D,12D,22D,23D. The second kappa shape index (κ2) is 18.4. The third-order valence-electron chi connectivity index (χ3n) is 14.8. The molecule has 4 heterocycles. The maximum Gasteiger partial charge on any atom is 0.269 e. The molecular formula is C71H58N4O. The van der Waals surface area contributed by atoms with Crippen molar-refractivity contribution >= 4 is 43.8 Å². The van der Waals surface area contributed by atoms with Crippen LogP contribution >= 0.6 is 0 Å². The third-order valence-corrected chi connectivity index (χ3v) is 14.8. The highest BCUT2D eigenvalue weighted by Gasteiger charge is 2.26. The van der Waals surface area contributed by atoms with Crippen LogP contribution in [0.3, 0.4) is 0 Å². The number of imidazole rings is 1. The van der Waals surface area contributed by atoms with E-state index in [0.29, 0.717) is 12.0 Å². The van der Waals surface area contributed by atoms with Crippen LogP contribution in [0.25, 0.3) is 106 Å². The highest BCUT2D eigenvalue weighted by molar-refractivity contribution is 6.09. The van der Waals surface area contributed by atoms with Crippen molar-refractivity contribution in [2.24, 2.45) is 0 Å². The summed E-state index contributed by atoms with van der Waals surface area (Å²) in [5.74, 6) is 0.797. The first kappa shape index (κ1) is 41.3. The SMILES string of the molecule is [2H]c1c([2H])c([2H])c(-c2cc(-c3cc(C(C)(C)C)cc(-c4cccc(-c5ccccc5)c4)c3-[n+]3[c-]n(-c4cccc(Cc5ccc6c7ccccc7n(-c7cc8occc8cn7)c6c5)c4)c4ccccc43)cc(C(C)(C)C)c2)c([2H])c1[2H]. The average Bonchev–Trinajstić information content (AvgIpc) is 4.10. The lowest BCUT2D eigenvalue weighted by Gasteiger charge is -2.27. The van der Waals surface area contributed by atoms with Crippen LogP contribution in [0.15, 0.2) is 235 Å². The zero-order valence-corrected chi connectivity index (χ0v) is 43.5. The van der Waals surface area contributed by atoms with Crippen molar-refractivity contribution in [2.45, 2.75) is 58.8 Å².